The topological polar surface area (TPSA) is 18.5 Å². The van der Waals surface area contributed by atoms with Gasteiger partial charge in [0.25, 0.3) is 0 Å². The van der Waals surface area contributed by atoms with Gasteiger partial charge in [-0.15, -0.1) is 0 Å². The predicted molar refractivity (Wildman–Crippen MR) is 80.1 cm³/mol. The molecule has 1 atom stereocenters. The van der Waals surface area contributed by atoms with Crippen LogP contribution >= 0.6 is 0 Å². The van der Waals surface area contributed by atoms with Gasteiger partial charge in [0.1, 0.15) is 0 Å². The second-order valence-electron chi connectivity index (χ2n) is 6.57. The van der Waals surface area contributed by atoms with E-state index < -0.39 is 0 Å². The van der Waals surface area contributed by atoms with E-state index in [1.54, 1.807) is 0 Å². The van der Waals surface area contributed by atoms with Crippen LogP contribution in [0.1, 0.15) is 40.5 Å². The molecule has 1 unspecified atom stereocenters. The molecule has 1 rings (SSSR count). The number of hydrogen-bond donors (Lipinski definition) is 1. The summed E-state index contributed by atoms with van der Waals surface area (Å²) < 4.78 is 0. The van der Waals surface area contributed by atoms with Crippen LogP contribution in [0.3, 0.4) is 0 Å². The molecular weight excluding hydrogens is 222 g/mol. The molecule has 1 saturated heterocycles. The first kappa shape index (κ1) is 15.9. The van der Waals surface area contributed by atoms with Crippen LogP contribution < -0.4 is 5.32 Å². The number of hydrogen-bond acceptors (Lipinski definition) is 3. The number of likely N-dealkylation sites (N-methyl/N-ethyl adjacent to an activating group) is 2. The van der Waals surface area contributed by atoms with Gasteiger partial charge in [0.2, 0.25) is 0 Å². The molecule has 3 heteroatoms. The summed E-state index contributed by atoms with van der Waals surface area (Å²) in [6, 6.07) is 0.787. The summed E-state index contributed by atoms with van der Waals surface area (Å²) in [4.78, 5) is 5.16. The van der Waals surface area contributed by atoms with E-state index in [0.29, 0.717) is 5.41 Å². The number of nitrogens with zero attached hydrogens (tertiary/aromatic N) is 2. The van der Waals surface area contributed by atoms with Crippen LogP contribution in [-0.2, 0) is 0 Å². The van der Waals surface area contributed by atoms with Gasteiger partial charge in [0, 0.05) is 25.7 Å². The van der Waals surface area contributed by atoms with Crippen molar-refractivity contribution in [2.75, 3.05) is 46.3 Å². The summed E-state index contributed by atoms with van der Waals surface area (Å²) in [5.74, 6) is 0. The zero-order chi connectivity index (χ0) is 13.6. The average Bonchev–Trinajstić information content (AvgIpc) is 2.72. The van der Waals surface area contributed by atoms with Crippen LogP contribution in [0.4, 0.5) is 0 Å². The van der Waals surface area contributed by atoms with E-state index in [1.165, 1.54) is 39.0 Å². The molecule has 0 saturated carbocycles. The number of rotatable bonds is 8. The third-order valence-corrected chi connectivity index (χ3v) is 3.98. The van der Waals surface area contributed by atoms with Crippen LogP contribution in [0.5, 0.6) is 0 Å². The fourth-order valence-corrected chi connectivity index (χ4v) is 3.19. The molecule has 0 spiro atoms. The molecule has 0 aliphatic carbocycles. The Hall–Kier alpha value is -0.120. The van der Waals surface area contributed by atoms with Gasteiger partial charge in [-0.3, -0.25) is 4.90 Å². The van der Waals surface area contributed by atoms with Crippen molar-refractivity contribution >= 4 is 0 Å². The molecule has 1 fully saturated rings. The average molecular weight is 255 g/mol. The maximum Gasteiger partial charge on any atom is 0.0223 e. The van der Waals surface area contributed by atoms with E-state index in [9.17, 15) is 0 Å². The molecule has 1 heterocycles. The van der Waals surface area contributed by atoms with Gasteiger partial charge in [0.05, 0.1) is 0 Å². The van der Waals surface area contributed by atoms with Crippen LogP contribution in [0.25, 0.3) is 0 Å². The molecule has 108 valence electrons. The SMILES string of the molecule is CCNCC(C)(C)CN(C)CC1CCCN1CC. The van der Waals surface area contributed by atoms with E-state index in [1.807, 2.05) is 0 Å². The van der Waals surface area contributed by atoms with Crippen LogP contribution in [-0.4, -0.2) is 62.2 Å². The lowest BCUT2D eigenvalue weighted by molar-refractivity contribution is 0.154. The second kappa shape index (κ2) is 7.46. The lowest BCUT2D eigenvalue weighted by Gasteiger charge is -2.34. The minimum Gasteiger partial charge on any atom is -0.316 e. The normalized spacial score (nSPS) is 22.0. The Balaban J connectivity index is 2.33. The molecule has 18 heavy (non-hydrogen) atoms. The van der Waals surface area contributed by atoms with Crippen molar-refractivity contribution in [2.45, 2.75) is 46.6 Å². The molecule has 0 aromatic rings. The Morgan fingerprint density at radius 2 is 2.06 bits per heavy atom. The Labute approximate surface area is 114 Å². The minimum absolute atomic E-state index is 0.362. The monoisotopic (exact) mass is 255 g/mol. The highest BCUT2D eigenvalue weighted by molar-refractivity contribution is 4.83. The Morgan fingerprint density at radius 3 is 2.67 bits per heavy atom. The summed E-state index contributed by atoms with van der Waals surface area (Å²) in [6.45, 7) is 16.3. The molecular formula is C15H33N3. The van der Waals surface area contributed by atoms with Crippen molar-refractivity contribution in [3.63, 3.8) is 0 Å². The van der Waals surface area contributed by atoms with Crippen molar-refractivity contribution in [1.82, 2.24) is 15.1 Å². The van der Waals surface area contributed by atoms with Gasteiger partial charge in [-0.25, -0.2) is 0 Å². The summed E-state index contributed by atoms with van der Waals surface area (Å²) in [5.41, 5.74) is 0.362. The highest BCUT2D eigenvalue weighted by atomic mass is 15.2. The summed E-state index contributed by atoms with van der Waals surface area (Å²) in [6.07, 6.45) is 2.76. The largest absolute Gasteiger partial charge is 0.316 e. The molecule has 1 aliphatic heterocycles. The van der Waals surface area contributed by atoms with Gasteiger partial charge >= 0.3 is 0 Å². The van der Waals surface area contributed by atoms with Gasteiger partial charge in [-0.1, -0.05) is 27.7 Å². The standard InChI is InChI=1S/C15H33N3/c1-6-16-12-15(3,4)13-17(5)11-14-9-8-10-18(14)7-2/h14,16H,6-13H2,1-5H3. The summed E-state index contributed by atoms with van der Waals surface area (Å²) in [7, 11) is 2.28. The van der Waals surface area contributed by atoms with E-state index in [2.05, 4.69) is 49.9 Å². The fourth-order valence-electron chi connectivity index (χ4n) is 3.19. The number of nitrogens with one attached hydrogen (secondary N) is 1. The third kappa shape index (κ3) is 5.25. The van der Waals surface area contributed by atoms with Crippen molar-refractivity contribution in [1.29, 1.82) is 0 Å². The van der Waals surface area contributed by atoms with Gasteiger partial charge in [-0.05, 0) is 44.9 Å². The third-order valence-electron chi connectivity index (χ3n) is 3.98. The molecule has 1 aliphatic rings. The van der Waals surface area contributed by atoms with Crippen LogP contribution in [0.2, 0.25) is 0 Å². The fraction of sp³-hybridized carbons (Fsp3) is 1.00. The van der Waals surface area contributed by atoms with Gasteiger partial charge in [-0.2, -0.15) is 0 Å². The molecule has 0 radical (unpaired) electrons. The first-order valence-electron chi connectivity index (χ1n) is 7.62. The van der Waals surface area contributed by atoms with Crippen LogP contribution in [0.15, 0.2) is 0 Å². The van der Waals surface area contributed by atoms with Crippen molar-refractivity contribution in [3.8, 4) is 0 Å². The molecule has 0 amide bonds. The number of likely N-dealkylation sites (tertiary alicyclic amines) is 1. The zero-order valence-electron chi connectivity index (χ0n) is 13.1. The Morgan fingerprint density at radius 1 is 1.33 bits per heavy atom. The maximum absolute atomic E-state index is 3.47. The molecule has 0 aromatic carbocycles. The molecule has 1 N–H and O–H groups in total. The highest BCUT2D eigenvalue weighted by Crippen LogP contribution is 2.20. The van der Waals surface area contributed by atoms with E-state index >= 15 is 0 Å². The zero-order valence-corrected chi connectivity index (χ0v) is 13.1. The first-order chi connectivity index (χ1) is 8.48. The van der Waals surface area contributed by atoms with Crippen molar-refractivity contribution in [3.05, 3.63) is 0 Å². The van der Waals surface area contributed by atoms with Crippen LogP contribution in [0, 0.1) is 5.41 Å². The van der Waals surface area contributed by atoms with E-state index in [0.717, 1.165) is 19.1 Å². The van der Waals surface area contributed by atoms with Crippen molar-refractivity contribution < 1.29 is 0 Å². The lowest BCUT2D eigenvalue weighted by Crippen LogP contribution is -2.44. The summed E-state index contributed by atoms with van der Waals surface area (Å²) >= 11 is 0. The first-order valence-corrected chi connectivity index (χ1v) is 7.62. The minimum atomic E-state index is 0.362. The Bertz CT molecular complexity index is 228. The Kier molecular flexibility index (Phi) is 6.61. The highest BCUT2D eigenvalue weighted by Gasteiger charge is 2.26. The lowest BCUT2D eigenvalue weighted by atomic mass is 9.92. The van der Waals surface area contributed by atoms with E-state index in [-0.39, 0.29) is 0 Å². The van der Waals surface area contributed by atoms with Gasteiger partial charge in [0.15, 0.2) is 0 Å². The van der Waals surface area contributed by atoms with Crippen molar-refractivity contribution in [2.24, 2.45) is 5.41 Å². The maximum atomic E-state index is 3.47. The smallest absolute Gasteiger partial charge is 0.0223 e. The summed E-state index contributed by atoms with van der Waals surface area (Å²) in [5, 5.41) is 3.47. The van der Waals surface area contributed by atoms with E-state index in [4.69, 9.17) is 0 Å². The molecule has 0 aromatic heterocycles. The molecule has 0 bridgehead atoms. The second-order valence-corrected chi connectivity index (χ2v) is 6.57. The predicted octanol–water partition coefficient (Wildman–Crippen LogP) is 2.04. The molecule has 3 nitrogen and oxygen atoms in total. The van der Waals surface area contributed by atoms with Gasteiger partial charge < -0.3 is 10.2 Å². The quantitative estimate of drug-likeness (QED) is 0.716.